The number of carbonyl (C=O) groups is 3. The summed E-state index contributed by atoms with van der Waals surface area (Å²) in [5, 5.41) is 10.2. The van der Waals surface area contributed by atoms with Crippen LogP contribution in [0.25, 0.3) is 0 Å². The van der Waals surface area contributed by atoms with Crippen LogP contribution < -0.4 is 26.8 Å². The molecule has 4 rings (SSSR count). The fourth-order valence-electron chi connectivity index (χ4n) is 5.80. The highest BCUT2D eigenvalue weighted by atomic mass is 16.3. The number of hydrogen-bond acceptors (Lipinski definition) is 6. The topological polar surface area (TPSA) is 81.2 Å². The molecule has 2 aromatic carbocycles. The Morgan fingerprint density at radius 3 is 2.33 bits per heavy atom. The Balaban J connectivity index is 1.20. The average Bonchev–Trinajstić information content (AvgIpc) is 3.30. The third-order valence-electron chi connectivity index (χ3n) is 8.19. The van der Waals surface area contributed by atoms with Crippen molar-refractivity contribution in [1.82, 2.24) is 9.80 Å². The van der Waals surface area contributed by atoms with Gasteiger partial charge in [0, 0.05) is 50.4 Å². The maximum absolute atomic E-state index is 12.9. The molecule has 1 fully saturated rings. The Hall–Kier alpha value is -2.93. The van der Waals surface area contributed by atoms with E-state index >= 15 is 0 Å². The number of rotatable bonds is 13. The van der Waals surface area contributed by atoms with Gasteiger partial charge >= 0.3 is 0 Å². The van der Waals surface area contributed by atoms with E-state index in [1.54, 1.807) is 4.90 Å². The van der Waals surface area contributed by atoms with Gasteiger partial charge in [-0.05, 0) is 54.9 Å². The van der Waals surface area contributed by atoms with Crippen molar-refractivity contribution in [3.63, 3.8) is 0 Å². The number of phenolic OH excluding ortho intramolecular Hbond substituents is 1. The third-order valence-corrected chi connectivity index (χ3v) is 8.19. The minimum Gasteiger partial charge on any atom is -0.509 e. The van der Waals surface area contributed by atoms with Gasteiger partial charge in [0.25, 0.3) is 5.91 Å². The van der Waals surface area contributed by atoms with Gasteiger partial charge in [0.1, 0.15) is 49.7 Å². The van der Waals surface area contributed by atoms with E-state index in [4.69, 9.17) is 31.4 Å². The van der Waals surface area contributed by atoms with Crippen molar-refractivity contribution in [3.05, 3.63) is 34.9 Å². The van der Waals surface area contributed by atoms with E-state index in [0.29, 0.717) is 29.7 Å². The first-order valence-electron chi connectivity index (χ1n) is 14.0. The van der Waals surface area contributed by atoms with E-state index in [9.17, 15) is 19.5 Å². The van der Waals surface area contributed by atoms with Gasteiger partial charge in [-0.1, -0.05) is 35.9 Å². The van der Waals surface area contributed by atoms with Crippen LogP contribution in [0.1, 0.15) is 60.0 Å². The Bertz CT molecular complexity index is 1220. The molecule has 2 heterocycles. The van der Waals surface area contributed by atoms with Crippen molar-refractivity contribution < 1.29 is 19.5 Å². The molecule has 2 aliphatic rings. The predicted molar refractivity (Wildman–Crippen MR) is 162 cm³/mol. The van der Waals surface area contributed by atoms with Crippen molar-refractivity contribution in [1.29, 1.82) is 0 Å². The van der Waals surface area contributed by atoms with Crippen molar-refractivity contribution in [3.8, 4) is 5.75 Å². The molecule has 40 heavy (non-hydrogen) atoms. The first-order valence-corrected chi connectivity index (χ1v) is 14.0. The predicted octanol–water partition coefficient (Wildman–Crippen LogP) is -1.01. The number of carbonyl (C=O) groups excluding carboxylic acids is 3. The number of aldehydes is 2. The second-order valence-electron chi connectivity index (χ2n) is 10.7. The number of benzene rings is 2. The number of aryl methyl sites for hydroxylation is 1. The summed E-state index contributed by atoms with van der Waals surface area (Å²) in [6, 6.07) is 5.25. The minimum absolute atomic E-state index is 0.0159. The van der Waals surface area contributed by atoms with Crippen molar-refractivity contribution in [2.75, 3.05) is 37.6 Å². The number of fused-ring (bicyclic) bond motifs is 1. The summed E-state index contributed by atoms with van der Waals surface area (Å²) < 4.78 is 0. The maximum Gasteiger partial charge on any atom is 0.255 e. The van der Waals surface area contributed by atoms with Gasteiger partial charge < -0.3 is 24.5 Å². The number of nitrogens with zero attached hydrogens (tertiary/aromatic N) is 3. The first kappa shape index (κ1) is 30.0. The summed E-state index contributed by atoms with van der Waals surface area (Å²) in [4.78, 5) is 41.3. The molecule has 11 heteroatoms. The zero-order valence-corrected chi connectivity index (χ0v) is 23.0. The maximum atomic E-state index is 12.9. The molecule has 0 saturated carbocycles. The number of phenols is 1. The summed E-state index contributed by atoms with van der Waals surface area (Å²) in [7, 11) is 24.0. The van der Waals surface area contributed by atoms with Crippen molar-refractivity contribution >= 4 is 77.4 Å². The molecular weight excluding hydrogens is 498 g/mol. The summed E-state index contributed by atoms with van der Waals surface area (Å²) >= 11 is 0. The lowest BCUT2D eigenvalue weighted by Crippen LogP contribution is -2.53. The standard InChI is InChI=1S/C29H33B4N3O4/c30-23-24(31)27(26(33)28(39)25(23)32)35-14-12-34(13-15-35)11-4-2-1-3-7-19-8-5-10-21-22(19)17-36(29(21)40)20(18-38)9-6-16-37/h5,8,10,16,18,20,39H,1-4,6-7,9,11-15,17H2. The number of aromatic hydroxyl groups is 1. The summed E-state index contributed by atoms with van der Waals surface area (Å²) in [6.45, 7) is 4.61. The number of hydrogen-bond donors (Lipinski definition) is 1. The Kier molecular flexibility index (Phi) is 10.2. The van der Waals surface area contributed by atoms with Crippen LogP contribution in [0.4, 0.5) is 5.69 Å². The van der Waals surface area contributed by atoms with E-state index in [1.807, 2.05) is 12.1 Å². The molecule has 0 aromatic heterocycles. The van der Waals surface area contributed by atoms with E-state index < -0.39 is 6.04 Å². The van der Waals surface area contributed by atoms with E-state index in [2.05, 4.69) is 15.9 Å². The van der Waals surface area contributed by atoms with Crippen LogP contribution in [0.3, 0.4) is 0 Å². The van der Waals surface area contributed by atoms with Crippen LogP contribution in [0.15, 0.2) is 18.2 Å². The lowest BCUT2D eigenvalue weighted by atomic mass is 9.67. The molecule has 0 spiro atoms. The number of anilines is 1. The van der Waals surface area contributed by atoms with E-state index in [-0.39, 0.29) is 34.5 Å². The van der Waals surface area contributed by atoms with Crippen LogP contribution >= 0.6 is 0 Å². The van der Waals surface area contributed by atoms with Gasteiger partial charge in [0.2, 0.25) is 0 Å². The minimum atomic E-state index is -0.564. The molecule has 1 amide bonds. The summed E-state index contributed by atoms with van der Waals surface area (Å²) in [6.07, 6.45) is 7.40. The highest BCUT2D eigenvalue weighted by Crippen LogP contribution is 2.29. The third kappa shape index (κ3) is 6.35. The van der Waals surface area contributed by atoms with Crippen molar-refractivity contribution in [2.24, 2.45) is 0 Å². The molecule has 1 saturated heterocycles. The molecule has 7 nitrogen and oxygen atoms in total. The molecule has 0 bridgehead atoms. The highest BCUT2D eigenvalue weighted by molar-refractivity contribution is 6.62. The average molecular weight is 531 g/mol. The molecule has 1 N–H and O–H groups in total. The van der Waals surface area contributed by atoms with Crippen LogP contribution in [-0.4, -0.2) is 104 Å². The SMILES string of the molecule is [B]c1c([B])c(O)c([B])c(N2CCN(CCCCCCc3cccc4c3CN(C(C=O)CCC=O)C4=O)CC2)c1[B]. The Morgan fingerprint density at radius 2 is 1.62 bits per heavy atom. The molecule has 0 aliphatic carbocycles. The summed E-state index contributed by atoms with van der Waals surface area (Å²) in [5.41, 5.74) is 4.07. The largest absolute Gasteiger partial charge is 0.509 e. The lowest BCUT2D eigenvalue weighted by molar-refractivity contribution is -0.112. The van der Waals surface area contributed by atoms with E-state index in [0.717, 1.165) is 88.5 Å². The summed E-state index contributed by atoms with van der Waals surface area (Å²) in [5.74, 6) is -0.338. The molecule has 200 valence electrons. The lowest BCUT2D eigenvalue weighted by Gasteiger charge is -2.38. The molecule has 8 radical (unpaired) electrons. The first-order chi connectivity index (χ1) is 19.3. The molecule has 2 aliphatic heterocycles. The zero-order chi connectivity index (χ0) is 28.8. The molecular formula is C29H33B4N3O4. The van der Waals surface area contributed by atoms with Crippen LogP contribution in [-0.2, 0) is 22.6 Å². The van der Waals surface area contributed by atoms with E-state index in [1.165, 1.54) is 0 Å². The van der Waals surface area contributed by atoms with Gasteiger partial charge in [-0.15, -0.1) is 5.46 Å². The van der Waals surface area contributed by atoms with Gasteiger partial charge in [-0.2, -0.15) is 0 Å². The van der Waals surface area contributed by atoms with Crippen LogP contribution in [0.5, 0.6) is 5.75 Å². The molecule has 1 atom stereocenters. The van der Waals surface area contributed by atoms with Crippen LogP contribution in [0, 0.1) is 0 Å². The van der Waals surface area contributed by atoms with Crippen LogP contribution in [0.2, 0.25) is 0 Å². The Morgan fingerprint density at radius 1 is 0.900 bits per heavy atom. The number of unbranched alkanes of at least 4 members (excludes halogenated alkanes) is 3. The number of piperazine rings is 1. The monoisotopic (exact) mass is 531 g/mol. The fourth-order valence-corrected chi connectivity index (χ4v) is 5.80. The fraction of sp³-hybridized carbons (Fsp3) is 0.483. The highest BCUT2D eigenvalue weighted by Gasteiger charge is 2.33. The molecule has 2 aromatic rings. The number of amides is 1. The van der Waals surface area contributed by atoms with Gasteiger partial charge in [-0.25, -0.2) is 0 Å². The normalized spacial score (nSPS) is 16.2. The van der Waals surface area contributed by atoms with Gasteiger partial charge in [-0.3, -0.25) is 9.69 Å². The quantitative estimate of drug-likeness (QED) is 0.203. The Labute approximate surface area is 242 Å². The zero-order valence-electron chi connectivity index (χ0n) is 23.0. The molecule has 1 unspecified atom stereocenters. The van der Waals surface area contributed by atoms with Gasteiger partial charge in [0.05, 0.1) is 6.04 Å². The smallest absolute Gasteiger partial charge is 0.255 e. The second-order valence-corrected chi connectivity index (χ2v) is 10.7. The second kappa shape index (κ2) is 13.6. The van der Waals surface area contributed by atoms with Gasteiger partial charge in [0.15, 0.2) is 0 Å². The van der Waals surface area contributed by atoms with Crippen molar-refractivity contribution in [2.45, 2.75) is 57.5 Å².